The summed E-state index contributed by atoms with van der Waals surface area (Å²) < 4.78 is 5.06. The van der Waals surface area contributed by atoms with Crippen molar-refractivity contribution in [3.8, 4) is 17.0 Å². The van der Waals surface area contributed by atoms with Crippen LogP contribution in [0.4, 0.5) is 11.4 Å². The Labute approximate surface area is 178 Å². The van der Waals surface area contributed by atoms with Crippen molar-refractivity contribution in [2.45, 2.75) is 6.92 Å². The summed E-state index contributed by atoms with van der Waals surface area (Å²) in [5.41, 5.74) is 3.50. The molecule has 0 spiro atoms. The number of nitro benzene ring substituents is 1. The predicted octanol–water partition coefficient (Wildman–Crippen LogP) is 5.38. The number of aromatic nitrogens is 1. The number of amides is 1. The zero-order valence-corrected chi connectivity index (χ0v) is 17.0. The number of methoxy groups -OCH3 is 1. The molecular formula is C24H19N3O4. The number of nitrogens with one attached hydrogen (secondary N) is 1. The predicted molar refractivity (Wildman–Crippen MR) is 120 cm³/mol. The zero-order chi connectivity index (χ0) is 22.0. The van der Waals surface area contributed by atoms with Crippen molar-refractivity contribution in [1.82, 2.24) is 4.98 Å². The molecular weight excluding hydrogens is 394 g/mol. The molecule has 4 aromatic rings. The third-order valence-corrected chi connectivity index (χ3v) is 5.03. The summed E-state index contributed by atoms with van der Waals surface area (Å²) >= 11 is 0. The molecule has 0 aliphatic carbocycles. The number of nitro groups is 1. The summed E-state index contributed by atoms with van der Waals surface area (Å²) in [6.07, 6.45) is 0. The molecule has 0 saturated heterocycles. The van der Waals surface area contributed by atoms with Crippen LogP contribution in [0.2, 0.25) is 0 Å². The van der Waals surface area contributed by atoms with Gasteiger partial charge in [-0.2, -0.15) is 0 Å². The summed E-state index contributed by atoms with van der Waals surface area (Å²) in [5.74, 6) is -0.123. The van der Waals surface area contributed by atoms with E-state index < -0.39 is 10.8 Å². The summed E-state index contributed by atoms with van der Waals surface area (Å²) in [6, 6.07) is 21.1. The lowest BCUT2D eigenvalue weighted by Crippen LogP contribution is -2.14. The van der Waals surface area contributed by atoms with Gasteiger partial charge in [0.25, 0.3) is 11.6 Å². The first-order valence-electron chi connectivity index (χ1n) is 9.57. The lowest BCUT2D eigenvalue weighted by molar-refractivity contribution is -0.384. The minimum atomic E-state index is -0.554. The van der Waals surface area contributed by atoms with E-state index in [2.05, 4.69) is 5.32 Å². The average molecular weight is 413 g/mol. The monoisotopic (exact) mass is 413 g/mol. The van der Waals surface area contributed by atoms with Gasteiger partial charge in [0.15, 0.2) is 0 Å². The van der Waals surface area contributed by atoms with E-state index in [1.165, 1.54) is 19.2 Å². The molecule has 4 rings (SSSR count). The van der Waals surface area contributed by atoms with Crippen LogP contribution in [0.1, 0.15) is 15.9 Å². The van der Waals surface area contributed by atoms with Gasteiger partial charge in [-0.1, -0.05) is 42.5 Å². The largest absolute Gasteiger partial charge is 0.496 e. The number of hydrogen-bond donors (Lipinski definition) is 1. The van der Waals surface area contributed by atoms with E-state index in [9.17, 15) is 14.9 Å². The quantitative estimate of drug-likeness (QED) is 0.350. The average Bonchev–Trinajstić information content (AvgIpc) is 2.78. The minimum absolute atomic E-state index is 0.0918. The Kier molecular flexibility index (Phi) is 5.32. The summed E-state index contributed by atoms with van der Waals surface area (Å²) in [7, 11) is 1.42. The highest BCUT2D eigenvalue weighted by atomic mass is 16.6. The van der Waals surface area contributed by atoms with Crippen LogP contribution in [0.3, 0.4) is 0 Å². The van der Waals surface area contributed by atoms with Gasteiger partial charge < -0.3 is 10.1 Å². The molecule has 1 N–H and O–H groups in total. The standard InChI is InChI=1S/C24H19N3O4/c1-15-7-3-4-8-17(15)22-14-19(18-9-5-6-10-20(18)25-22)24(28)26-21-12-11-16(31-2)13-23(21)27(29)30/h3-14H,1-2H3,(H,26,28). The lowest BCUT2D eigenvalue weighted by atomic mass is 10.0. The van der Waals surface area contributed by atoms with Crippen LogP contribution in [-0.2, 0) is 0 Å². The number of para-hydroxylation sites is 1. The van der Waals surface area contributed by atoms with E-state index in [0.717, 1.165) is 11.1 Å². The van der Waals surface area contributed by atoms with Crippen LogP contribution in [0.5, 0.6) is 5.75 Å². The van der Waals surface area contributed by atoms with Crippen LogP contribution in [0, 0.1) is 17.0 Å². The number of benzene rings is 3. The fourth-order valence-corrected chi connectivity index (χ4v) is 3.45. The number of fused-ring (bicyclic) bond motifs is 1. The molecule has 0 unspecified atom stereocenters. The van der Waals surface area contributed by atoms with Gasteiger partial charge in [0.05, 0.1) is 34.9 Å². The van der Waals surface area contributed by atoms with Crippen LogP contribution in [0.15, 0.2) is 72.8 Å². The molecule has 0 radical (unpaired) electrons. The van der Waals surface area contributed by atoms with Gasteiger partial charge in [-0.05, 0) is 36.8 Å². The maximum absolute atomic E-state index is 13.2. The van der Waals surface area contributed by atoms with Gasteiger partial charge in [-0.15, -0.1) is 0 Å². The molecule has 1 amide bonds. The Morgan fingerprint density at radius 2 is 1.77 bits per heavy atom. The number of anilines is 1. The number of nitrogens with zero attached hydrogens (tertiary/aromatic N) is 2. The van der Waals surface area contributed by atoms with Gasteiger partial charge in [-0.25, -0.2) is 4.98 Å². The molecule has 154 valence electrons. The second-order valence-corrected chi connectivity index (χ2v) is 6.98. The second kappa shape index (κ2) is 8.23. The molecule has 3 aromatic carbocycles. The highest BCUT2D eigenvalue weighted by Gasteiger charge is 2.20. The third kappa shape index (κ3) is 3.93. The number of hydrogen-bond acceptors (Lipinski definition) is 5. The molecule has 0 aliphatic heterocycles. The maximum atomic E-state index is 13.2. The molecule has 1 heterocycles. The highest BCUT2D eigenvalue weighted by molar-refractivity contribution is 6.13. The Bertz CT molecular complexity index is 1320. The van der Waals surface area contributed by atoms with E-state index in [0.29, 0.717) is 27.9 Å². The van der Waals surface area contributed by atoms with E-state index in [4.69, 9.17) is 9.72 Å². The Hall–Kier alpha value is -4.26. The number of carbonyl (C=O) groups excluding carboxylic acids is 1. The number of ether oxygens (including phenoxy) is 1. The number of pyridine rings is 1. The van der Waals surface area contributed by atoms with Gasteiger partial charge in [0.1, 0.15) is 11.4 Å². The molecule has 0 bridgehead atoms. The molecule has 7 nitrogen and oxygen atoms in total. The fraction of sp³-hybridized carbons (Fsp3) is 0.0833. The number of carbonyl (C=O) groups is 1. The Morgan fingerprint density at radius 3 is 2.52 bits per heavy atom. The molecule has 1 aromatic heterocycles. The van der Waals surface area contributed by atoms with Crippen molar-refractivity contribution < 1.29 is 14.5 Å². The van der Waals surface area contributed by atoms with Gasteiger partial charge in [0, 0.05) is 10.9 Å². The van der Waals surface area contributed by atoms with Crippen molar-refractivity contribution in [3.05, 3.63) is 94.0 Å². The molecule has 0 atom stereocenters. The van der Waals surface area contributed by atoms with Crippen LogP contribution >= 0.6 is 0 Å². The van der Waals surface area contributed by atoms with Gasteiger partial charge >= 0.3 is 0 Å². The maximum Gasteiger partial charge on any atom is 0.296 e. The smallest absolute Gasteiger partial charge is 0.296 e. The van der Waals surface area contributed by atoms with E-state index >= 15 is 0 Å². The molecule has 0 aliphatic rings. The zero-order valence-electron chi connectivity index (χ0n) is 17.0. The first-order chi connectivity index (χ1) is 15.0. The van der Waals surface area contributed by atoms with E-state index in [-0.39, 0.29) is 11.4 Å². The van der Waals surface area contributed by atoms with Gasteiger partial charge in [0.2, 0.25) is 0 Å². The summed E-state index contributed by atoms with van der Waals surface area (Å²) in [5, 5.41) is 14.8. The molecule has 31 heavy (non-hydrogen) atoms. The van der Waals surface area contributed by atoms with Crippen molar-refractivity contribution in [2.24, 2.45) is 0 Å². The van der Waals surface area contributed by atoms with Crippen molar-refractivity contribution >= 4 is 28.2 Å². The normalized spacial score (nSPS) is 10.6. The molecule has 0 fully saturated rings. The topological polar surface area (TPSA) is 94.4 Å². The van der Waals surface area contributed by atoms with Crippen LogP contribution < -0.4 is 10.1 Å². The molecule has 7 heteroatoms. The first kappa shape index (κ1) is 20.0. The number of rotatable bonds is 5. The minimum Gasteiger partial charge on any atom is -0.496 e. The highest BCUT2D eigenvalue weighted by Crippen LogP contribution is 2.31. The van der Waals surface area contributed by atoms with Crippen molar-refractivity contribution in [3.63, 3.8) is 0 Å². The van der Waals surface area contributed by atoms with E-state index in [1.807, 2.05) is 49.4 Å². The number of aryl methyl sites for hydroxylation is 1. The fourth-order valence-electron chi connectivity index (χ4n) is 3.45. The molecule has 0 saturated carbocycles. The second-order valence-electron chi connectivity index (χ2n) is 6.98. The van der Waals surface area contributed by atoms with Crippen LogP contribution in [0.25, 0.3) is 22.2 Å². The summed E-state index contributed by atoms with van der Waals surface area (Å²) in [4.78, 5) is 28.9. The Morgan fingerprint density at radius 1 is 1.03 bits per heavy atom. The Balaban J connectivity index is 1.82. The first-order valence-corrected chi connectivity index (χ1v) is 9.57. The third-order valence-electron chi connectivity index (χ3n) is 5.03. The lowest BCUT2D eigenvalue weighted by Gasteiger charge is -2.12. The van der Waals surface area contributed by atoms with Crippen molar-refractivity contribution in [2.75, 3.05) is 12.4 Å². The summed E-state index contributed by atoms with van der Waals surface area (Å²) in [6.45, 7) is 1.98. The van der Waals surface area contributed by atoms with E-state index in [1.54, 1.807) is 18.2 Å². The van der Waals surface area contributed by atoms with Crippen LogP contribution in [-0.4, -0.2) is 22.9 Å². The van der Waals surface area contributed by atoms with Gasteiger partial charge in [-0.3, -0.25) is 14.9 Å². The van der Waals surface area contributed by atoms with Crippen molar-refractivity contribution in [1.29, 1.82) is 0 Å². The SMILES string of the molecule is COc1ccc(NC(=O)c2cc(-c3ccccc3C)nc3ccccc23)c([N+](=O)[O-])c1.